The summed E-state index contributed by atoms with van der Waals surface area (Å²) < 4.78 is 19.2. The molecule has 0 aliphatic carbocycles. The molecule has 0 amide bonds. The lowest BCUT2D eigenvalue weighted by molar-refractivity contribution is -0.0324. The zero-order chi connectivity index (χ0) is 14.4. The number of hydrogen-bond acceptors (Lipinski definition) is 3. The molecule has 3 nitrogen and oxygen atoms in total. The van der Waals surface area contributed by atoms with Crippen LogP contribution in [-0.2, 0) is 11.3 Å². The molecule has 1 unspecified atom stereocenters. The molecule has 1 aliphatic heterocycles. The normalized spacial score (nSPS) is 19.4. The maximum absolute atomic E-state index is 13.6. The number of nitrogens with zero attached hydrogens (tertiary/aromatic N) is 1. The predicted octanol–water partition coefficient (Wildman–Crippen LogP) is 1.78. The Balaban J connectivity index is 2.05. The van der Waals surface area contributed by atoms with Crippen molar-refractivity contribution in [1.29, 1.82) is 0 Å². The molecule has 108 valence electrons. The molecule has 1 aromatic carbocycles. The smallest absolute Gasteiger partial charge is 0.138 e. The average molecular weight is 277 g/mol. The van der Waals surface area contributed by atoms with Gasteiger partial charge >= 0.3 is 0 Å². The quantitative estimate of drug-likeness (QED) is 0.855. The lowest BCUT2D eigenvalue weighted by Crippen LogP contribution is -2.41. The monoisotopic (exact) mass is 277 g/mol. The number of rotatable bonds is 3. The van der Waals surface area contributed by atoms with Gasteiger partial charge in [0.25, 0.3) is 0 Å². The van der Waals surface area contributed by atoms with Gasteiger partial charge in [0.05, 0.1) is 18.3 Å². The van der Waals surface area contributed by atoms with Crippen molar-refractivity contribution in [2.45, 2.75) is 26.0 Å². The Morgan fingerprint density at radius 3 is 3.10 bits per heavy atom. The fourth-order valence-electron chi connectivity index (χ4n) is 2.33. The van der Waals surface area contributed by atoms with E-state index in [4.69, 9.17) is 9.84 Å². The summed E-state index contributed by atoms with van der Waals surface area (Å²) in [6.45, 7) is 5.18. The fourth-order valence-corrected chi connectivity index (χ4v) is 2.33. The first-order valence-corrected chi connectivity index (χ1v) is 6.95. The van der Waals surface area contributed by atoms with Gasteiger partial charge in [0, 0.05) is 19.6 Å². The summed E-state index contributed by atoms with van der Waals surface area (Å²) in [5.74, 6) is 4.78. The van der Waals surface area contributed by atoms with Gasteiger partial charge in [-0.2, -0.15) is 0 Å². The molecule has 1 saturated heterocycles. The molecule has 1 N–H and O–H groups in total. The summed E-state index contributed by atoms with van der Waals surface area (Å²) in [7, 11) is 0. The highest BCUT2D eigenvalue weighted by Crippen LogP contribution is 2.15. The Bertz CT molecular complexity index is 507. The molecule has 1 heterocycles. The topological polar surface area (TPSA) is 32.7 Å². The van der Waals surface area contributed by atoms with Gasteiger partial charge in [0.2, 0.25) is 0 Å². The highest BCUT2D eigenvalue weighted by atomic mass is 19.1. The van der Waals surface area contributed by atoms with Crippen LogP contribution in [0.25, 0.3) is 0 Å². The summed E-state index contributed by atoms with van der Waals surface area (Å²) in [6, 6.07) is 4.98. The molecule has 0 radical (unpaired) electrons. The van der Waals surface area contributed by atoms with Gasteiger partial charge in [-0.15, -0.1) is 0 Å². The minimum Gasteiger partial charge on any atom is -0.384 e. The Hall–Kier alpha value is -1.41. The minimum absolute atomic E-state index is 0.259. The van der Waals surface area contributed by atoms with E-state index < -0.39 is 0 Å². The fraction of sp³-hybridized carbons (Fsp3) is 0.500. The molecule has 1 atom stereocenters. The summed E-state index contributed by atoms with van der Waals surface area (Å²) in [4.78, 5) is 2.31. The molecule has 1 aliphatic rings. The Morgan fingerprint density at radius 2 is 2.35 bits per heavy atom. The number of ether oxygens (including phenoxy) is 1. The van der Waals surface area contributed by atoms with Crippen LogP contribution in [0.1, 0.15) is 24.5 Å². The first kappa shape index (κ1) is 15.0. The van der Waals surface area contributed by atoms with Crippen molar-refractivity contribution in [3.05, 3.63) is 35.1 Å². The highest BCUT2D eigenvalue weighted by Gasteiger charge is 2.19. The van der Waals surface area contributed by atoms with Crippen LogP contribution in [0.4, 0.5) is 4.39 Å². The first-order valence-electron chi connectivity index (χ1n) is 6.95. The van der Waals surface area contributed by atoms with Gasteiger partial charge in [-0.25, -0.2) is 4.39 Å². The van der Waals surface area contributed by atoms with Gasteiger partial charge in [-0.1, -0.05) is 24.8 Å². The number of aliphatic hydroxyl groups is 1. The zero-order valence-corrected chi connectivity index (χ0v) is 11.7. The summed E-state index contributed by atoms with van der Waals surface area (Å²) in [5.41, 5.74) is 1.38. The number of hydrogen-bond donors (Lipinski definition) is 1. The molecule has 0 bridgehead atoms. The van der Waals surface area contributed by atoms with Gasteiger partial charge in [-0.3, -0.25) is 4.90 Å². The van der Waals surface area contributed by atoms with E-state index in [0.29, 0.717) is 5.56 Å². The lowest BCUT2D eigenvalue weighted by Gasteiger charge is -2.32. The molecule has 0 aromatic heterocycles. The maximum Gasteiger partial charge on any atom is 0.138 e. The van der Waals surface area contributed by atoms with Crippen molar-refractivity contribution in [3.63, 3.8) is 0 Å². The molecule has 2 rings (SSSR count). The first-order chi connectivity index (χ1) is 9.72. The predicted molar refractivity (Wildman–Crippen MR) is 75.7 cm³/mol. The summed E-state index contributed by atoms with van der Waals surface area (Å²) in [5, 5.41) is 8.69. The van der Waals surface area contributed by atoms with Crippen LogP contribution < -0.4 is 0 Å². The molecule has 0 saturated carbocycles. The largest absolute Gasteiger partial charge is 0.384 e. The third kappa shape index (κ3) is 4.04. The van der Waals surface area contributed by atoms with Crippen molar-refractivity contribution in [1.82, 2.24) is 4.90 Å². The standard InChI is InChI=1S/C16H20FNO2/c1-2-15-12-18(7-9-20-15)11-13-5-6-16(17)14(10-13)4-3-8-19/h5-6,10,15,19H,2,7-9,11-12H2,1H3. The second-order valence-electron chi connectivity index (χ2n) is 4.91. The van der Waals surface area contributed by atoms with Crippen molar-refractivity contribution >= 4 is 0 Å². The third-order valence-corrected chi connectivity index (χ3v) is 3.42. The van der Waals surface area contributed by atoms with E-state index >= 15 is 0 Å². The van der Waals surface area contributed by atoms with Gasteiger partial charge in [-0.05, 0) is 24.1 Å². The van der Waals surface area contributed by atoms with E-state index in [2.05, 4.69) is 23.7 Å². The Morgan fingerprint density at radius 1 is 1.50 bits per heavy atom. The SMILES string of the molecule is CCC1CN(Cc2ccc(F)c(C#CCO)c2)CCO1. The molecule has 1 aromatic rings. The Kier molecular flexibility index (Phi) is 5.54. The number of morpholine rings is 1. The van der Waals surface area contributed by atoms with Crippen LogP contribution >= 0.6 is 0 Å². The number of halogens is 1. The molecule has 0 spiro atoms. The Labute approximate surface area is 119 Å². The van der Waals surface area contributed by atoms with Gasteiger partial charge in [0.15, 0.2) is 0 Å². The maximum atomic E-state index is 13.6. The molecule has 1 fully saturated rings. The van der Waals surface area contributed by atoms with Crippen molar-refractivity contribution in [2.24, 2.45) is 0 Å². The third-order valence-electron chi connectivity index (χ3n) is 3.42. The molecule has 20 heavy (non-hydrogen) atoms. The van der Waals surface area contributed by atoms with Crippen LogP contribution in [0.2, 0.25) is 0 Å². The van der Waals surface area contributed by atoms with Crippen molar-refractivity contribution in [3.8, 4) is 11.8 Å². The van der Waals surface area contributed by atoms with Gasteiger partial charge < -0.3 is 9.84 Å². The van der Waals surface area contributed by atoms with Gasteiger partial charge in [0.1, 0.15) is 12.4 Å². The zero-order valence-electron chi connectivity index (χ0n) is 11.7. The molecule has 4 heteroatoms. The number of benzene rings is 1. The van der Waals surface area contributed by atoms with Crippen LogP contribution in [0.15, 0.2) is 18.2 Å². The molecular weight excluding hydrogens is 257 g/mol. The van der Waals surface area contributed by atoms with Crippen molar-refractivity contribution in [2.75, 3.05) is 26.3 Å². The van der Waals surface area contributed by atoms with E-state index in [1.807, 2.05) is 0 Å². The summed E-state index contributed by atoms with van der Waals surface area (Å²) >= 11 is 0. The number of aliphatic hydroxyl groups excluding tert-OH is 1. The van der Waals surface area contributed by atoms with Crippen LogP contribution in [0, 0.1) is 17.7 Å². The van der Waals surface area contributed by atoms with E-state index in [0.717, 1.165) is 38.2 Å². The van der Waals surface area contributed by atoms with Crippen molar-refractivity contribution < 1.29 is 14.2 Å². The summed E-state index contributed by atoms with van der Waals surface area (Å²) in [6.07, 6.45) is 1.30. The average Bonchev–Trinajstić information content (AvgIpc) is 2.48. The lowest BCUT2D eigenvalue weighted by atomic mass is 10.1. The van der Waals surface area contributed by atoms with Crippen LogP contribution in [-0.4, -0.2) is 42.4 Å². The minimum atomic E-state index is -0.344. The van der Waals surface area contributed by atoms with Crippen LogP contribution in [0.5, 0.6) is 0 Å². The van der Waals surface area contributed by atoms with Crippen LogP contribution in [0.3, 0.4) is 0 Å². The van der Waals surface area contributed by atoms with E-state index in [9.17, 15) is 4.39 Å². The second kappa shape index (κ2) is 7.39. The van der Waals surface area contributed by atoms with E-state index in [1.165, 1.54) is 6.07 Å². The van der Waals surface area contributed by atoms with E-state index in [1.54, 1.807) is 12.1 Å². The molecular formula is C16H20FNO2. The second-order valence-corrected chi connectivity index (χ2v) is 4.91. The highest BCUT2D eigenvalue weighted by molar-refractivity contribution is 5.38. The van der Waals surface area contributed by atoms with E-state index in [-0.39, 0.29) is 18.5 Å².